The van der Waals surface area contributed by atoms with Gasteiger partial charge in [0.25, 0.3) is 0 Å². The quantitative estimate of drug-likeness (QED) is 0.505. The highest BCUT2D eigenvalue weighted by Crippen LogP contribution is 2.15. The predicted octanol–water partition coefficient (Wildman–Crippen LogP) is 3.51. The van der Waals surface area contributed by atoms with E-state index in [4.69, 9.17) is 9.47 Å². The highest BCUT2D eigenvalue weighted by molar-refractivity contribution is 9.10. The lowest BCUT2D eigenvalue weighted by molar-refractivity contribution is -0.139. The number of esters is 1. The molecule has 0 aliphatic carbocycles. The van der Waals surface area contributed by atoms with Gasteiger partial charge >= 0.3 is 12.1 Å². The first-order valence-electron chi connectivity index (χ1n) is 6.02. The molecular weight excluding hydrogens is 326 g/mol. The fraction of sp³-hybridized carbons (Fsp3) is 0.286. The average Bonchev–Trinajstić information content (AvgIpc) is 2.42. The number of benzene rings is 1. The van der Waals surface area contributed by atoms with Crippen LogP contribution in [0.1, 0.15) is 13.8 Å². The van der Waals surface area contributed by atoms with Gasteiger partial charge in [-0.1, -0.05) is 28.1 Å². The van der Waals surface area contributed by atoms with E-state index in [9.17, 15) is 9.59 Å². The first kappa shape index (κ1) is 16.2. The normalized spacial score (nSPS) is 10.8. The van der Waals surface area contributed by atoms with Crippen molar-refractivity contribution in [2.24, 2.45) is 0 Å². The molecule has 0 saturated carbocycles. The molecule has 0 radical (unpaired) electrons. The Hall–Kier alpha value is -1.82. The van der Waals surface area contributed by atoms with Crippen LogP contribution in [0.3, 0.4) is 0 Å². The Morgan fingerprint density at radius 3 is 2.65 bits per heavy atom. The monoisotopic (exact) mass is 341 g/mol. The fourth-order valence-corrected chi connectivity index (χ4v) is 1.62. The summed E-state index contributed by atoms with van der Waals surface area (Å²) >= 11 is 3.30. The third-order valence-corrected chi connectivity index (χ3v) is 2.87. The van der Waals surface area contributed by atoms with E-state index in [1.807, 2.05) is 6.07 Å². The summed E-state index contributed by atoms with van der Waals surface area (Å²) in [4.78, 5) is 22.8. The number of anilines is 1. The molecule has 0 spiro atoms. The molecule has 0 fully saturated rings. The van der Waals surface area contributed by atoms with Gasteiger partial charge in [0.2, 0.25) is 0 Å². The summed E-state index contributed by atoms with van der Waals surface area (Å²) in [5.41, 5.74) is 1.13. The summed E-state index contributed by atoms with van der Waals surface area (Å²) in [6.45, 7) is 3.43. The zero-order chi connectivity index (χ0) is 15.0. The van der Waals surface area contributed by atoms with Crippen LogP contribution in [0.15, 0.2) is 40.4 Å². The number of rotatable bonds is 5. The number of amides is 1. The number of hydrogen-bond donors (Lipinski definition) is 1. The molecule has 5 nitrogen and oxygen atoms in total. The molecule has 0 heterocycles. The maximum Gasteiger partial charge on any atom is 0.411 e. The Bertz CT molecular complexity index is 514. The van der Waals surface area contributed by atoms with Gasteiger partial charge in [-0.2, -0.15) is 0 Å². The van der Waals surface area contributed by atoms with E-state index >= 15 is 0 Å². The molecule has 0 aromatic heterocycles. The topological polar surface area (TPSA) is 64.6 Å². The Morgan fingerprint density at radius 1 is 1.30 bits per heavy atom. The van der Waals surface area contributed by atoms with Gasteiger partial charge in [0.05, 0.1) is 0 Å². The van der Waals surface area contributed by atoms with Gasteiger partial charge in [-0.05, 0) is 32.0 Å². The van der Waals surface area contributed by atoms with E-state index in [1.165, 1.54) is 0 Å². The van der Waals surface area contributed by atoms with Gasteiger partial charge in [-0.25, -0.2) is 9.59 Å². The van der Waals surface area contributed by atoms with Gasteiger partial charge in [-0.15, -0.1) is 0 Å². The van der Waals surface area contributed by atoms with Crippen LogP contribution in [0.5, 0.6) is 0 Å². The van der Waals surface area contributed by atoms with Crippen LogP contribution in [0.2, 0.25) is 0 Å². The molecule has 0 saturated heterocycles. The minimum atomic E-state index is -0.595. The number of carbonyl (C=O) groups excluding carboxylic acids is 2. The zero-order valence-corrected chi connectivity index (χ0v) is 12.9. The number of halogens is 1. The first-order valence-corrected chi connectivity index (χ1v) is 6.81. The lowest BCUT2D eigenvalue weighted by Crippen LogP contribution is -2.18. The largest absolute Gasteiger partial charge is 0.459 e. The number of allylic oxidation sites excluding steroid dienone is 1. The molecule has 0 atom stereocenters. The average molecular weight is 342 g/mol. The molecule has 0 bridgehead atoms. The van der Waals surface area contributed by atoms with Gasteiger partial charge < -0.3 is 9.47 Å². The van der Waals surface area contributed by atoms with E-state index in [-0.39, 0.29) is 13.2 Å². The molecule has 1 amide bonds. The van der Waals surface area contributed by atoms with Gasteiger partial charge in [0.15, 0.2) is 0 Å². The minimum absolute atomic E-state index is 0.00255. The maximum absolute atomic E-state index is 11.5. The molecule has 0 unspecified atom stereocenters. The maximum atomic E-state index is 11.5. The predicted molar refractivity (Wildman–Crippen MR) is 79.5 cm³/mol. The number of nitrogens with one attached hydrogen (secondary N) is 1. The second kappa shape index (κ2) is 8.37. The third-order valence-electron chi connectivity index (χ3n) is 2.38. The van der Waals surface area contributed by atoms with Crippen LogP contribution in [-0.2, 0) is 14.3 Å². The van der Waals surface area contributed by atoms with Crippen molar-refractivity contribution in [1.29, 1.82) is 0 Å². The van der Waals surface area contributed by atoms with Crippen LogP contribution < -0.4 is 5.32 Å². The highest BCUT2D eigenvalue weighted by Gasteiger charge is 2.06. The van der Waals surface area contributed by atoms with Crippen LogP contribution >= 0.6 is 15.9 Å². The van der Waals surface area contributed by atoms with Crippen LogP contribution in [0.4, 0.5) is 10.5 Å². The zero-order valence-electron chi connectivity index (χ0n) is 11.3. The van der Waals surface area contributed by atoms with E-state index in [0.29, 0.717) is 11.3 Å². The molecule has 1 aromatic carbocycles. The molecule has 0 aliphatic rings. The second-order valence-electron chi connectivity index (χ2n) is 3.88. The van der Waals surface area contributed by atoms with Crippen molar-refractivity contribution in [3.63, 3.8) is 0 Å². The van der Waals surface area contributed by atoms with E-state index in [0.717, 1.165) is 4.47 Å². The van der Waals surface area contributed by atoms with Crippen LogP contribution in [-0.4, -0.2) is 25.3 Å². The summed E-state index contributed by atoms with van der Waals surface area (Å²) in [7, 11) is 0. The van der Waals surface area contributed by atoms with Crippen LogP contribution in [0.25, 0.3) is 0 Å². The number of carbonyl (C=O) groups is 2. The Morgan fingerprint density at radius 2 is 2.00 bits per heavy atom. The minimum Gasteiger partial charge on any atom is -0.459 e. The summed E-state index contributed by atoms with van der Waals surface area (Å²) in [5, 5.41) is 2.56. The first-order chi connectivity index (χ1) is 9.52. The van der Waals surface area contributed by atoms with Crippen molar-refractivity contribution in [2.45, 2.75) is 13.8 Å². The summed E-state index contributed by atoms with van der Waals surface area (Å²) in [5.74, 6) is -0.413. The Kier molecular flexibility index (Phi) is 6.79. The third kappa shape index (κ3) is 5.88. The van der Waals surface area contributed by atoms with E-state index in [1.54, 1.807) is 38.1 Å². The Labute approximate surface area is 126 Å². The molecule has 6 heteroatoms. The smallest absolute Gasteiger partial charge is 0.411 e. The molecule has 1 rings (SSSR count). The SMILES string of the molecule is C/C=C(\C)C(=O)OCCOC(=O)Nc1cccc(Br)c1. The van der Waals surface area contributed by atoms with Gasteiger partial charge in [0.1, 0.15) is 13.2 Å². The lowest BCUT2D eigenvalue weighted by Gasteiger charge is -2.08. The number of ether oxygens (including phenoxy) is 2. The summed E-state index contributed by atoms with van der Waals surface area (Å²) in [6.07, 6.45) is 1.06. The molecule has 20 heavy (non-hydrogen) atoms. The molecule has 1 aromatic rings. The van der Waals surface area contributed by atoms with Crippen molar-refractivity contribution in [2.75, 3.05) is 18.5 Å². The second-order valence-corrected chi connectivity index (χ2v) is 4.79. The van der Waals surface area contributed by atoms with E-state index in [2.05, 4.69) is 21.2 Å². The highest BCUT2D eigenvalue weighted by atomic mass is 79.9. The summed E-state index contributed by atoms with van der Waals surface area (Å²) in [6, 6.07) is 7.12. The molecule has 1 N–H and O–H groups in total. The van der Waals surface area contributed by atoms with Gasteiger partial charge in [0, 0.05) is 15.7 Å². The van der Waals surface area contributed by atoms with Gasteiger partial charge in [-0.3, -0.25) is 5.32 Å². The molecule has 0 aliphatic heterocycles. The van der Waals surface area contributed by atoms with Crippen molar-refractivity contribution in [3.05, 3.63) is 40.4 Å². The van der Waals surface area contributed by atoms with Crippen molar-refractivity contribution in [3.8, 4) is 0 Å². The Balaban J connectivity index is 2.26. The molecular formula is C14H16BrNO4. The van der Waals surface area contributed by atoms with Crippen molar-refractivity contribution in [1.82, 2.24) is 0 Å². The van der Waals surface area contributed by atoms with Crippen molar-refractivity contribution < 1.29 is 19.1 Å². The van der Waals surface area contributed by atoms with Crippen molar-refractivity contribution >= 4 is 33.7 Å². The number of hydrogen-bond acceptors (Lipinski definition) is 4. The van der Waals surface area contributed by atoms with E-state index < -0.39 is 12.1 Å². The lowest BCUT2D eigenvalue weighted by atomic mass is 10.3. The standard InChI is InChI=1S/C14H16BrNO4/c1-3-10(2)13(17)19-7-8-20-14(18)16-12-6-4-5-11(15)9-12/h3-6,9H,7-8H2,1-2H3,(H,16,18)/b10-3+. The summed E-state index contributed by atoms with van der Waals surface area (Å²) < 4.78 is 10.6. The molecule has 108 valence electrons. The fourth-order valence-electron chi connectivity index (χ4n) is 1.22. The van der Waals surface area contributed by atoms with Crippen LogP contribution in [0, 0.1) is 0 Å².